The van der Waals surface area contributed by atoms with E-state index in [0.717, 1.165) is 0 Å². The number of carbonyl (C=O) groups excluding carboxylic acids is 1. The van der Waals surface area contributed by atoms with E-state index in [1.807, 2.05) is 27.7 Å². The zero-order valence-corrected chi connectivity index (χ0v) is 9.59. The van der Waals surface area contributed by atoms with Crippen LogP contribution in [0.1, 0.15) is 47.0 Å². The fourth-order valence-electron chi connectivity index (χ4n) is 1.39. The van der Waals surface area contributed by atoms with Crippen molar-refractivity contribution < 1.29 is 9.53 Å². The Balaban J connectivity index is 2.28. The van der Waals surface area contributed by atoms with Crippen molar-refractivity contribution in [3.63, 3.8) is 0 Å². The minimum absolute atomic E-state index is 0.149. The van der Waals surface area contributed by atoms with Crippen molar-refractivity contribution >= 4 is 5.97 Å². The van der Waals surface area contributed by atoms with E-state index in [4.69, 9.17) is 4.74 Å². The van der Waals surface area contributed by atoms with Crippen molar-refractivity contribution in [3.8, 4) is 0 Å². The summed E-state index contributed by atoms with van der Waals surface area (Å²) in [5.74, 6) is -0.149. The van der Waals surface area contributed by atoms with Gasteiger partial charge in [-0.05, 0) is 40.5 Å². The Morgan fingerprint density at radius 3 is 2.36 bits per heavy atom. The first-order valence-corrected chi connectivity index (χ1v) is 5.37. The second kappa shape index (κ2) is 4.30. The lowest BCUT2D eigenvalue weighted by molar-refractivity contribution is -0.157. The number of nitrogens with one attached hydrogen (secondary N) is 1. The van der Waals surface area contributed by atoms with E-state index in [2.05, 4.69) is 5.32 Å². The molecule has 0 heterocycles. The van der Waals surface area contributed by atoms with Crippen molar-refractivity contribution in [2.75, 3.05) is 0 Å². The zero-order valence-electron chi connectivity index (χ0n) is 9.59. The van der Waals surface area contributed by atoms with Crippen LogP contribution < -0.4 is 5.32 Å². The molecule has 0 radical (unpaired) electrons. The van der Waals surface area contributed by atoms with Crippen LogP contribution in [0.5, 0.6) is 0 Å². The van der Waals surface area contributed by atoms with Gasteiger partial charge in [-0.25, -0.2) is 0 Å². The van der Waals surface area contributed by atoms with Crippen LogP contribution in [0.15, 0.2) is 0 Å². The topological polar surface area (TPSA) is 38.3 Å². The molecule has 82 valence electrons. The molecule has 0 amide bonds. The predicted molar refractivity (Wildman–Crippen MR) is 56.1 cm³/mol. The lowest BCUT2D eigenvalue weighted by atomic mass is 9.92. The van der Waals surface area contributed by atoms with Crippen LogP contribution in [0.2, 0.25) is 0 Å². The summed E-state index contributed by atoms with van der Waals surface area (Å²) < 4.78 is 5.27. The Morgan fingerprint density at radius 2 is 2.00 bits per heavy atom. The van der Waals surface area contributed by atoms with E-state index in [0.29, 0.717) is 6.04 Å². The van der Waals surface area contributed by atoms with Crippen LogP contribution in [-0.2, 0) is 9.53 Å². The average molecular weight is 199 g/mol. The van der Waals surface area contributed by atoms with Gasteiger partial charge >= 0.3 is 5.97 Å². The molecule has 0 unspecified atom stereocenters. The van der Waals surface area contributed by atoms with Gasteiger partial charge in [0.25, 0.3) is 0 Å². The summed E-state index contributed by atoms with van der Waals surface area (Å²) >= 11 is 0. The van der Waals surface area contributed by atoms with Crippen molar-refractivity contribution in [1.29, 1.82) is 0 Å². The summed E-state index contributed by atoms with van der Waals surface area (Å²) in [4.78, 5) is 11.5. The second-order valence-electron chi connectivity index (χ2n) is 5.05. The Hall–Kier alpha value is -0.570. The van der Waals surface area contributed by atoms with Crippen molar-refractivity contribution in [1.82, 2.24) is 5.32 Å². The number of hydrogen-bond acceptors (Lipinski definition) is 3. The van der Waals surface area contributed by atoms with Crippen LogP contribution in [0.25, 0.3) is 0 Å². The third-order valence-electron chi connectivity index (χ3n) is 2.35. The summed E-state index contributed by atoms with van der Waals surface area (Å²) in [5.41, 5.74) is -0.382. The molecule has 1 fully saturated rings. The lowest BCUT2D eigenvalue weighted by Gasteiger charge is -2.30. The number of carbonyl (C=O) groups is 1. The summed E-state index contributed by atoms with van der Waals surface area (Å²) in [5, 5.41) is 3.26. The number of hydrogen-bond donors (Lipinski definition) is 1. The number of ether oxygens (including phenoxy) is 1. The standard InChI is InChI=1S/C11H21NO2/c1-8(12-9-6-5-7-9)10(13)14-11(2,3)4/h8-9,12H,5-7H2,1-4H3/t8-/m1/s1. The van der Waals surface area contributed by atoms with Crippen LogP contribution in [0.4, 0.5) is 0 Å². The molecule has 14 heavy (non-hydrogen) atoms. The molecular formula is C11H21NO2. The summed E-state index contributed by atoms with van der Waals surface area (Å²) in [7, 11) is 0. The molecule has 3 heteroatoms. The largest absolute Gasteiger partial charge is 0.459 e. The van der Waals surface area contributed by atoms with Gasteiger partial charge in [0.15, 0.2) is 0 Å². The number of rotatable bonds is 3. The van der Waals surface area contributed by atoms with Gasteiger partial charge in [0.2, 0.25) is 0 Å². The van der Waals surface area contributed by atoms with Crippen LogP contribution in [0.3, 0.4) is 0 Å². The third-order valence-corrected chi connectivity index (χ3v) is 2.35. The fraction of sp³-hybridized carbons (Fsp3) is 0.909. The first-order valence-electron chi connectivity index (χ1n) is 5.37. The van der Waals surface area contributed by atoms with E-state index in [1.165, 1.54) is 19.3 Å². The van der Waals surface area contributed by atoms with Crippen molar-refractivity contribution in [2.45, 2.75) is 64.6 Å². The maximum Gasteiger partial charge on any atom is 0.323 e. The van der Waals surface area contributed by atoms with Gasteiger partial charge in [0, 0.05) is 6.04 Å². The molecule has 1 aliphatic rings. The van der Waals surface area contributed by atoms with E-state index < -0.39 is 0 Å². The van der Waals surface area contributed by atoms with Gasteiger partial charge in [-0.15, -0.1) is 0 Å². The monoisotopic (exact) mass is 199 g/mol. The van der Waals surface area contributed by atoms with Gasteiger partial charge in [-0.1, -0.05) is 6.42 Å². The Kier molecular flexibility index (Phi) is 3.53. The van der Waals surface area contributed by atoms with Crippen molar-refractivity contribution in [2.24, 2.45) is 0 Å². The second-order valence-corrected chi connectivity index (χ2v) is 5.05. The van der Waals surface area contributed by atoms with Gasteiger partial charge in [0.05, 0.1) is 0 Å². The quantitative estimate of drug-likeness (QED) is 0.705. The zero-order chi connectivity index (χ0) is 10.8. The first kappa shape index (κ1) is 11.5. The van der Waals surface area contributed by atoms with Gasteiger partial charge in [-0.2, -0.15) is 0 Å². The molecule has 1 atom stereocenters. The first-order chi connectivity index (χ1) is 6.38. The minimum Gasteiger partial charge on any atom is -0.459 e. The molecular weight excluding hydrogens is 178 g/mol. The third kappa shape index (κ3) is 3.66. The Labute approximate surface area is 86.2 Å². The van der Waals surface area contributed by atoms with Crippen LogP contribution in [-0.4, -0.2) is 23.7 Å². The van der Waals surface area contributed by atoms with Gasteiger partial charge in [0.1, 0.15) is 11.6 Å². The smallest absolute Gasteiger partial charge is 0.323 e. The normalized spacial score (nSPS) is 20.0. The maximum absolute atomic E-state index is 11.5. The Morgan fingerprint density at radius 1 is 1.43 bits per heavy atom. The molecule has 1 aliphatic carbocycles. The highest BCUT2D eigenvalue weighted by Gasteiger charge is 2.25. The lowest BCUT2D eigenvalue weighted by Crippen LogP contribution is -2.46. The molecule has 1 rings (SSSR count). The van der Waals surface area contributed by atoms with E-state index in [-0.39, 0.29) is 17.6 Å². The van der Waals surface area contributed by atoms with Crippen LogP contribution in [0, 0.1) is 0 Å². The van der Waals surface area contributed by atoms with E-state index >= 15 is 0 Å². The summed E-state index contributed by atoms with van der Waals surface area (Å²) in [6.07, 6.45) is 3.65. The molecule has 0 aromatic rings. The highest BCUT2D eigenvalue weighted by Crippen LogP contribution is 2.19. The number of esters is 1. The highest BCUT2D eigenvalue weighted by molar-refractivity contribution is 5.75. The van der Waals surface area contributed by atoms with Gasteiger partial charge < -0.3 is 10.1 Å². The molecule has 0 spiro atoms. The fourth-order valence-corrected chi connectivity index (χ4v) is 1.39. The predicted octanol–water partition coefficient (Wildman–Crippen LogP) is 1.86. The minimum atomic E-state index is -0.382. The van der Waals surface area contributed by atoms with Crippen LogP contribution >= 0.6 is 0 Å². The molecule has 0 bridgehead atoms. The van der Waals surface area contributed by atoms with Crippen molar-refractivity contribution in [3.05, 3.63) is 0 Å². The van der Waals surface area contributed by atoms with Gasteiger partial charge in [-0.3, -0.25) is 4.79 Å². The van der Waals surface area contributed by atoms with E-state index in [9.17, 15) is 4.79 Å². The molecule has 0 aromatic carbocycles. The average Bonchev–Trinajstić information content (AvgIpc) is 1.92. The summed E-state index contributed by atoms with van der Waals surface area (Å²) in [6.45, 7) is 7.54. The maximum atomic E-state index is 11.5. The molecule has 0 aliphatic heterocycles. The SMILES string of the molecule is C[C@@H](NC1CCC1)C(=O)OC(C)(C)C. The molecule has 3 nitrogen and oxygen atoms in total. The Bertz CT molecular complexity index is 204. The molecule has 0 aromatic heterocycles. The molecule has 0 saturated heterocycles. The molecule has 1 saturated carbocycles. The highest BCUT2D eigenvalue weighted by atomic mass is 16.6. The molecule has 1 N–H and O–H groups in total. The summed E-state index contributed by atoms with van der Waals surface area (Å²) in [6, 6.07) is 0.344. The van der Waals surface area contributed by atoms with E-state index in [1.54, 1.807) is 0 Å².